The van der Waals surface area contributed by atoms with Crippen LogP contribution in [-0.4, -0.2) is 57.7 Å². The molecular formula is C30H46Cl2O8. The number of carboxylic acids is 2. The van der Waals surface area contributed by atoms with Crippen molar-refractivity contribution in [2.24, 2.45) is 47.3 Å². The second-order valence-electron chi connectivity index (χ2n) is 13.2. The number of halogens is 2. The molecular weight excluding hydrogens is 559 g/mol. The normalized spacial score (nSPS) is 42.6. The van der Waals surface area contributed by atoms with Crippen LogP contribution in [0.4, 0.5) is 0 Å². The Morgan fingerprint density at radius 1 is 0.675 bits per heavy atom. The van der Waals surface area contributed by atoms with Crippen LogP contribution in [-0.2, 0) is 28.9 Å². The molecule has 0 heterocycles. The fraction of sp³-hybridized carbons (Fsp3) is 0.900. The van der Waals surface area contributed by atoms with Crippen molar-refractivity contribution in [3.63, 3.8) is 0 Å². The maximum Gasteiger partial charge on any atom is 0.310 e. The van der Waals surface area contributed by atoms with Crippen LogP contribution in [0.1, 0.15) is 90.9 Å². The maximum atomic E-state index is 12.9. The fourth-order valence-corrected chi connectivity index (χ4v) is 8.47. The number of carbonyl (C=O) groups excluding carboxylic acids is 1. The van der Waals surface area contributed by atoms with E-state index in [-0.39, 0.29) is 29.4 Å². The van der Waals surface area contributed by atoms with Crippen molar-refractivity contribution in [2.75, 3.05) is 6.61 Å². The van der Waals surface area contributed by atoms with Gasteiger partial charge in [-0.15, -0.1) is 23.2 Å². The van der Waals surface area contributed by atoms with Gasteiger partial charge in [0, 0.05) is 0 Å². The minimum Gasteiger partial charge on any atom is -0.481 e. The lowest BCUT2D eigenvalue weighted by molar-refractivity contribution is -0.336. The highest BCUT2D eigenvalue weighted by atomic mass is 35.5. The van der Waals surface area contributed by atoms with Crippen molar-refractivity contribution in [1.82, 2.24) is 0 Å². The van der Waals surface area contributed by atoms with Gasteiger partial charge in [-0.1, -0.05) is 20.3 Å². The van der Waals surface area contributed by atoms with Crippen LogP contribution < -0.4 is 0 Å². The summed E-state index contributed by atoms with van der Waals surface area (Å²) in [5.41, 5.74) is 0. The van der Waals surface area contributed by atoms with Crippen molar-refractivity contribution in [2.45, 2.75) is 114 Å². The maximum absolute atomic E-state index is 12.9. The average molecular weight is 606 g/mol. The molecule has 4 saturated carbocycles. The van der Waals surface area contributed by atoms with Gasteiger partial charge in [0.25, 0.3) is 0 Å². The van der Waals surface area contributed by atoms with Crippen LogP contribution in [0.15, 0.2) is 0 Å². The molecule has 10 heteroatoms. The van der Waals surface area contributed by atoms with Crippen LogP contribution in [0.5, 0.6) is 0 Å². The summed E-state index contributed by atoms with van der Waals surface area (Å²) in [6.45, 7) is 4.40. The minimum atomic E-state index is -0.923. The largest absolute Gasteiger partial charge is 0.481 e. The molecule has 4 aliphatic carbocycles. The van der Waals surface area contributed by atoms with Gasteiger partial charge in [0.1, 0.15) is 12.2 Å². The number of hydrogen-bond acceptors (Lipinski definition) is 6. The van der Waals surface area contributed by atoms with Crippen molar-refractivity contribution in [3.05, 3.63) is 0 Å². The first-order chi connectivity index (χ1) is 19.0. The molecule has 0 radical (unpaired) electrons. The van der Waals surface area contributed by atoms with E-state index >= 15 is 0 Å². The third kappa shape index (κ3) is 8.05. The van der Waals surface area contributed by atoms with E-state index in [1.54, 1.807) is 0 Å². The SMILES string of the molecule is CC1CCC(COOC2CCC(C3CCC(OC(=O)C4CCC(C)CC4C(=O)O)C(Cl)C3)CC2Cl)C(C(=O)O)C1. The molecule has 40 heavy (non-hydrogen) atoms. The Balaban J connectivity index is 1.19. The number of carbonyl (C=O) groups is 3. The molecule has 12 atom stereocenters. The standard InChI is InChI=1S/C30H46Cl2O8/c1-16-3-5-20(22(11-16)28(33)34)15-38-40-27-10-7-19(14-25(27)32)18-6-9-26(24(31)13-18)39-30(37)21-8-4-17(2)12-23(21)29(35)36/h16-27H,3-15H2,1-2H3,(H,33,34)(H,35,36). The van der Waals surface area contributed by atoms with Crippen LogP contribution >= 0.6 is 23.2 Å². The van der Waals surface area contributed by atoms with Gasteiger partial charge in [0.2, 0.25) is 0 Å². The smallest absolute Gasteiger partial charge is 0.310 e. The highest BCUT2D eigenvalue weighted by molar-refractivity contribution is 6.21. The number of ether oxygens (including phenoxy) is 1. The molecule has 0 aliphatic heterocycles. The van der Waals surface area contributed by atoms with Crippen LogP contribution in [0.2, 0.25) is 0 Å². The number of alkyl halides is 2. The summed E-state index contributed by atoms with van der Waals surface area (Å²) in [4.78, 5) is 47.6. The zero-order valence-electron chi connectivity index (χ0n) is 23.7. The Bertz CT molecular complexity index is 886. The molecule has 0 aromatic heterocycles. The highest BCUT2D eigenvalue weighted by Crippen LogP contribution is 2.43. The third-order valence-electron chi connectivity index (χ3n) is 10.2. The van der Waals surface area contributed by atoms with E-state index in [2.05, 4.69) is 6.92 Å². The zero-order chi connectivity index (χ0) is 29.0. The van der Waals surface area contributed by atoms with E-state index in [0.29, 0.717) is 49.4 Å². The Morgan fingerprint density at radius 3 is 1.80 bits per heavy atom. The molecule has 0 aromatic carbocycles. The van der Waals surface area contributed by atoms with Gasteiger partial charge in [-0.2, -0.15) is 0 Å². The quantitative estimate of drug-likeness (QED) is 0.136. The Labute approximate surface area is 247 Å². The Hall–Kier alpha value is -1.09. The summed E-state index contributed by atoms with van der Waals surface area (Å²) in [5.74, 6) is -2.32. The first-order valence-corrected chi connectivity index (χ1v) is 16.1. The Kier molecular flexibility index (Phi) is 11.5. The monoisotopic (exact) mass is 604 g/mol. The number of rotatable bonds is 9. The van der Waals surface area contributed by atoms with E-state index in [1.807, 2.05) is 6.92 Å². The zero-order valence-corrected chi connectivity index (χ0v) is 25.2. The average Bonchev–Trinajstić information content (AvgIpc) is 2.91. The summed E-state index contributed by atoms with van der Waals surface area (Å²) in [7, 11) is 0. The van der Waals surface area contributed by atoms with Crippen molar-refractivity contribution in [1.29, 1.82) is 0 Å². The third-order valence-corrected chi connectivity index (χ3v) is 11.1. The van der Waals surface area contributed by atoms with Gasteiger partial charge in [-0.3, -0.25) is 14.4 Å². The molecule has 2 N–H and O–H groups in total. The molecule has 8 nitrogen and oxygen atoms in total. The second-order valence-corrected chi connectivity index (χ2v) is 14.3. The lowest BCUT2D eigenvalue weighted by Gasteiger charge is -2.41. The number of aliphatic carboxylic acids is 2. The summed E-state index contributed by atoms with van der Waals surface area (Å²) in [6.07, 6.45) is 8.56. The lowest BCUT2D eigenvalue weighted by atomic mass is 9.72. The summed E-state index contributed by atoms with van der Waals surface area (Å²) >= 11 is 13.5. The number of carboxylic acid groups (broad SMARTS) is 2. The topological polar surface area (TPSA) is 119 Å². The van der Waals surface area contributed by atoms with Gasteiger partial charge >= 0.3 is 17.9 Å². The van der Waals surface area contributed by atoms with Crippen molar-refractivity contribution < 1.29 is 39.1 Å². The van der Waals surface area contributed by atoms with Gasteiger partial charge in [0.15, 0.2) is 0 Å². The first-order valence-electron chi connectivity index (χ1n) is 15.3. The summed E-state index contributed by atoms with van der Waals surface area (Å²) in [5, 5.41) is 18.7. The summed E-state index contributed by atoms with van der Waals surface area (Å²) < 4.78 is 5.82. The predicted molar refractivity (Wildman–Crippen MR) is 150 cm³/mol. The van der Waals surface area contributed by atoms with Gasteiger partial charge in [-0.05, 0) is 100 Å². The second kappa shape index (κ2) is 14.4. The molecule has 12 unspecified atom stereocenters. The predicted octanol–water partition coefficient (Wildman–Crippen LogP) is 6.30. The molecule has 228 valence electrons. The van der Waals surface area contributed by atoms with Crippen LogP contribution in [0, 0.1) is 47.3 Å². The Morgan fingerprint density at radius 2 is 1.23 bits per heavy atom. The van der Waals surface area contributed by atoms with Crippen LogP contribution in [0.25, 0.3) is 0 Å². The molecule has 4 aliphatic rings. The van der Waals surface area contributed by atoms with E-state index in [1.165, 1.54) is 0 Å². The number of esters is 1. The first kappa shape index (κ1) is 31.8. The van der Waals surface area contributed by atoms with Crippen LogP contribution in [0.3, 0.4) is 0 Å². The molecule has 4 rings (SSSR count). The molecule has 0 aromatic rings. The number of hydrogen-bond donors (Lipinski definition) is 2. The van der Waals surface area contributed by atoms with E-state index in [9.17, 15) is 24.6 Å². The fourth-order valence-electron chi connectivity index (χ4n) is 7.67. The molecule has 0 amide bonds. The van der Waals surface area contributed by atoms with E-state index in [4.69, 9.17) is 37.7 Å². The molecule has 0 spiro atoms. The van der Waals surface area contributed by atoms with Gasteiger partial charge < -0.3 is 14.9 Å². The summed E-state index contributed by atoms with van der Waals surface area (Å²) in [6, 6.07) is 0. The van der Waals surface area contributed by atoms with E-state index < -0.39 is 41.8 Å². The molecule has 4 fully saturated rings. The lowest BCUT2D eigenvalue weighted by Crippen LogP contribution is -2.42. The molecule has 0 bridgehead atoms. The van der Waals surface area contributed by atoms with Crippen molar-refractivity contribution in [3.8, 4) is 0 Å². The van der Waals surface area contributed by atoms with Gasteiger partial charge in [0.05, 0.1) is 35.1 Å². The molecule has 0 saturated heterocycles. The van der Waals surface area contributed by atoms with E-state index in [0.717, 1.165) is 51.4 Å². The highest BCUT2D eigenvalue weighted by Gasteiger charge is 2.43. The minimum absolute atomic E-state index is 0.0413. The van der Waals surface area contributed by atoms with Gasteiger partial charge in [-0.25, -0.2) is 9.78 Å². The van der Waals surface area contributed by atoms with Crippen molar-refractivity contribution >= 4 is 41.1 Å².